The molecule has 0 spiro atoms. The van der Waals surface area contributed by atoms with Crippen molar-refractivity contribution in [2.75, 3.05) is 19.6 Å². The molecule has 0 aromatic rings. The lowest BCUT2D eigenvalue weighted by Gasteiger charge is -2.37. The Kier molecular flexibility index (Phi) is 5.08. The number of amides is 1. The van der Waals surface area contributed by atoms with Crippen LogP contribution in [0.25, 0.3) is 0 Å². The maximum absolute atomic E-state index is 12.3. The van der Waals surface area contributed by atoms with E-state index in [-0.39, 0.29) is 0 Å². The highest BCUT2D eigenvalue weighted by Gasteiger charge is 2.43. The molecule has 1 N–H and O–H groups in total. The number of carbonyl (C=O) groups excluding carboxylic acids is 1. The fourth-order valence-electron chi connectivity index (χ4n) is 4.96. The summed E-state index contributed by atoms with van der Waals surface area (Å²) in [7, 11) is 0. The van der Waals surface area contributed by atoms with Gasteiger partial charge in [0.15, 0.2) is 0 Å². The SMILES string of the molecule is CCN1C(=O)CCC[C@H]2[C@@H]1CCN2CC1(O)CCCCCC1. The zero-order valence-corrected chi connectivity index (χ0v) is 14.1. The number of carbonyl (C=O) groups is 1. The minimum atomic E-state index is -0.487. The van der Waals surface area contributed by atoms with Crippen LogP contribution >= 0.6 is 0 Å². The van der Waals surface area contributed by atoms with Gasteiger partial charge in [-0.3, -0.25) is 9.69 Å². The molecule has 3 aliphatic rings. The third kappa shape index (κ3) is 3.33. The number of likely N-dealkylation sites (tertiary alicyclic amines) is 2. The molecule has 3 rings (SSSR count). The first kappa shape index (κ1) is 16.3. The first-order chi connectivity index (χ1) is 10.6. The smallest absolute Gasteiger partial charge is 0.222 e. The minimum absolute atomic E-state index is 0.338. The number of fused-ring (bicyclic) bond motifs is 1. The first-order valence-electron chi connectivity index (χ1n) is 9.39. The molecular formula is C18H32N2O2. The number of β-amino-alcohol motifs (C(OH)–C–C–N with tert-alkyl or cyclic N) is 1. The van der Waals surface area contributed by atoms with Crippen LogP contribution in [0.3, 0.4) is 0 Å². The number of aliphatic hydroxyl groups is 1. The Labute approximate surface area is 134 Å². The van der Waals surface area contributed by atoms with Crippen molar-refractivity contribution in [3.63, 3.8) is 0 Å². The molecule has 22 heavy (non-hydrogen) atoms. The molecule has 4 nitrogen and oxygen atoms in total. The van der Waals surface area contributed by atoms with Gasteiger partial charge in [0.1, 0.15) is 0 Å². The van der Waals surface area contributed by atoms with Gasteiger partial charge in [0.05, 0.1) is 5.60 Å². The lowest BCUT2D eigenvalue weighted by atomic mass is 9.93. The third-order valence-corrected chi connectivity index (χ3v) is 6.11. The summed E-state index contributed by atoms with van der Waals surface area (Å²) in [4.78, 5) is 16.9. The zero-order valence-electron chi connectivity index (χ0n) is 14.1. The predicted octanol–water partition coefficient (Wildman–Crippen LogP) is 2.55. The summed E-state index contributed by atoms with van der Waals surface area (Å²) in [6, 6.07) is 0.855. The van der Waals surface area contributed by atoms with Crippen LogP contribution in [0.2, 0.25) is 0 Å². The van der Waals surface area contributed by atoms with Crippen LogP contribution in [0.1, 0.15) is 71.1 Å². The molecule has 1 saturated carbocycles. The van der Waals surface area contributed by atoms with Crippen molar-refractivity contribution in [1.82, 2.24) is 9.80 Å². The van der Waals surface area contributed by atoms with Crippen molar-refractivity contribution in [1.29, 1.82) is 0 Å². The Morgan fingerprint density at radius 3 is 2.50 bits per heavy atom. The van der Waals surface area contributed by atoms with Crippen LogP contribution in [-0.4, -0.2) is 58.1 Å². The largest absolute Gasteiger partial charge is 0.389 e. The molecule has 0 aromatic carbocycles. The molecule has 1 amide bonds. The standard InChI is InChI=1S/C18H32N2O2/c1-2-20-16-10-13-19(15(16)8-7-9-17(20)21)14-18(22)11-5-3-4-6-12-18/h15-16,22H,2-14H2,1H3/t15-,16-/m0/s1. The maximum atomic E-state index is 12.3. The molecule has 1 aliphatic carbocycles. The lowest BCUT2D eigenvalue weighted by molar-refractivity contribution is -0.132. The van der Waals surface area contributed by atoms with Crippen molar-refractivity contribution < 1.29 is 9.90 Å². The van der Waals surface area contributed by atoms with E-state index in [1.807, 2.05) is 0 Å². The Bertz CT molecular complexity index is 391. The maximum Gasteiger partial charge on any atom is 0.222 e. The number of rotatable bonds is 3. The van der Waals surface area contributed by atoms with Crippen LogP contribution < -0.4 is 0 Å². The zero-order chi connectivity index (χ0) is 15.6. The average Bonchev–Trinajstić information content (AvgIpc) is 2.67. The van der Waals surface area contributed by atoms with Crippen molar-refractivity contribution >= 4 is 5.91 Å². The molecule has 0 radical (unpaired) electrons. The summed E-state index contributed by atoms with van der Waals surface area (Å²) in [6.45, 7) is 4.79. The number of hydrogen-bond donors (Lipinski definition) is 1. The van der Waals surface area contributed by atoms with E-state index >= 15 is 0 Å². The summed E-state index contributed by atoms with van der Waals surface area (Å²) in [6.07, 6.45) is 10.7. The second kappa shape index (κ2) is 6.88. The fourth-order valence-corrected chi connectivity index (χ4v) is 4.96. The van der Waals surface area contributed by atoms with Crippen LogP contribution in [0.5, 0.6) is 0 Å². The molecule has 0 aromatic heterocycles. The van der Waals surface area contributed by atoms with Gasteiger partial charge in [-0.25, -0.2) is 0 Å². The Balaban J connectivity index is 1.69. The van der Waals surface area contributed by atoms with E-state index in [1.54, 1.807) is 0 Å². The van der Waals surface area contributed by atoms with Gasteiger partial charge in [-0.15, -0.1) is 0 Å². The van der Waals surface area contributed by atoms with Gasteiger partial charge in [0.25, 0.3) is 0 Å². The van der Waals surface area contributed by atoms with Gasteiger partial charge in [-0.2, -0.15) is 0 Å². The highest BCUT2D eigenvalue weighted by molar-refractivity contribution is 5.77. The molecule has 2 heterocycles. The lowest BCUT2D eigenvalue weighted by Crippen LogP contribution is -2.50. The third-order valence-electron chi connectivity index (χ3n) is 6.11. The molecule has 4 heteroatoms. The van der Waals surface area contributed by atoms with Gasteiger partial charge in [0.2, 0.25) is 5.91 Å². The summed E-state index contributed by atoms with van der Waals surface area (Å²) in [5, 5.41) is 11.0. The molecule has 0 bridgehead atoms. The van der Waals surface area contributed by atoms with E-state index in [4.69, 9.17) is 0 Å². The summed E-state index contributed by atoms with van der Waals surface area (Å²) in [5.41, 5.74) is -0.487. The van der Waals surface area contributed by atoms with Gasteiger partial charge >= 0.3 is 0 Å². The highest BCUT2D eigenvalue weighted by Crippen LogP contribution is 2.34. The van der Waals surface area contributed by atoms with Crippen LogP contribution in [-0.2, 0) is 4.79 Å². The Hall–Kier alpha value is -0.610. The van der Waals surface area contributed by atoms with Crippen molar-refractivity contribution in [2.24, 2.45) is 0 Å². The van der Waals surface area contributed by atoms with Crippen LogP contribution in [0, 0.1) is 0 Å². The molecule has 2 aliphatic heterocycles. The average molecular weight is 308 g/mol. The van der Waals surface area contributed by atoms with E-state index in [1.165, 1.54) is 12.8 Å². The molecule has 2 saturated heterocycles. The normalized spacial score (nSPS) is 33.4. The highest BCUT2D eigenvalue weighted by atomic mass is 16.3. The van der Waals surface area contributed by atoms with Crippen molar-refractivity contribution in [3.8, 4) is 0 Å². The second-order valence-electron chi connectivity index (χ2n) is 7.60. The molecule has 126 valence electrons. The predicted molar refractivity (Wildman–Crippen MR) is 87.7 cm³/mol. The van der Waals surface area contributed by atoms with Crippen molar-refractivity contribution in [2.45, 2.75) is 88.8 Å². The van der Waals surface area contributed by atoms with E-state index in [2.05, 4.69) is 16.7 Å². The number of nitrogens with zero attached hydrogens (tertiary/aromatic N) is 2. The van der Waals surface area contributed by atoms with Gasteiger partial charge in [-0.1, -0.05) is 25.7 Å². The van der Waals surface area contributed by atoms with Gasteiger partial charge in [-0.05, 0) is 39.0 Å². The fraction of sp³-hybridized carbons (Fsp3) is 0.944. The van der Waals surface area contributed by atoms with E-state index in [0.717, 1.165) is 64.6 Å². The molecular weight excluding hydrogens is 276 g/mol. The Morgan fingerprint density at radius 2 is 1.82 bits per heavy atom. The number of likely N-dealkylation sites (N-methyl/N-ethyl adjacent to an activating group) is 1. The van der Waals surface area contributed by atoms with Gasteiger partial charge in [0, 0.05) is 38.1 Å². The quantitative estimate of drug-likeness (QED) is 0.815. The Morgan fingerprint density at radius 1 is 1.09 bits per heavy atom. The topological polar surface area (TPSA) is 43.8 Å². The second-order valence-corrected chi connectivity index (χ2v) is 7.60. The number of hydrogen-bond acceptors (Lipinski definition) is 3. The summed E-state index contributed by atoms with van der Waals surface area (Å²) in [5.74, 6) is 0.338. The minimum Gasteiger partial charge on any atom is -0.389 e. The van der Waals surface area contributed by atoms with E-state index in [9.17, 15) is 9.90 Å². The van der Waals surface area contributed by atoms with Crippen LogP contribution in [0.15, 0.2) is 0 Å². The van der Waals surface area contributed by atoms with Crippen molar-refractivity contribution in [3.05, 3.63) is 0 Å². The first-order valence-corrected chi connectivity index (χ1v) is 9.39. The van der Waals surface area contributed by atoms with E-state index < -0.39 is 5.60 Å². The van der Waals surface area contributed by atoms with Crippen LogP contribution in [0.4, 0.5) is 0 Å². The monoisotopic (exact) mass is 308 g/mol. The van der Waals surface area contributed by atoms with Gasteiger partial charge < -0.3 is 10.0 Å². The summed E-state index contributed by atoms with van der Waals surface area (Å²) < 4.78 is 0. The molecule has 2 atom stereocenters. The van der Waals surface area contributed by atoms with E-state index in [0.29, 0.717) is 24.4 Å². The summed E-state index contributed by atoms with van der Waals surface area (Å²) >= 11 is 0. The molecule has 3 fully saturated rings. The molecule has 0 unspecified atom stereocenters.